The summed E-state index contributed by atoms with van der Waals surface area (Å²) in [4.78, 5) is 4.09. The molecule has 0 atom stereocenters. The Morgan fingerprint density at radius 1 is 1.46 bits per heavy atom. The molecule has 3 heteroatoms. The first-order chi connectivity index (χ1) is 6.24. The first-order valence-electron chi connectivity index (χ1n) is 4.29. The molecule has 1 aromatic heterocycles. The third-order valence-electron chi connectivity index (χ3n) is 2.15. The predicted octanol–water partition coefficient (Wildman–Crippen LogP) is 2.35. The molecule has 1 fully saturated rings. The summed E-state index contributed by atoms with van der Waals surface area (Å²) in [6.45, 7) is 0. The van der Waals surface area contributed by atoms with Crippen LogP contribution in [0.1, 0.15) is 18.4 Å². The molecule has 0 spiro atoms. The van der Waals surface area contributed by atoms with Crippen LogP contribution in [-0.4, -0.2) is 11.0 Å². The number of aromatic nitrogens is 1. The lowest BCUT2D eigenvalue weighted by atomic mass is 9.86. The summed E-state index contributed by atoms with van der Waals surface area (Å²) in [5.41, 5.74) is 8.26. The van der Waals surface area contributed by atoms with E-state index in [9.17, 15) is 0 Å². The molecule has 2 N–H and O–H groups in total. The van der Waals surface area contributed by atoms with Gasteiger partial charge in [-0.3, -0.25) is 4.98 Å². The van der Waals surface area contributed by atoms with Crippen LogP contribution in [0, 0.1) is 0 Å². The smallest absolute Gasteiger partial charge is 0.0410 e. The van der Waals surface area contributed by atoms with Crippen LogP contribution in [0.3, 0.4) is 0 Å². The summed E-state index contributed by atoms with van der Waals surface area (Å²) in [6, 6.07) is 2.44. The Morgan fingerprint density at radius 2 is 2.23 bits per heavy atom. The quantitative estimate of drug-likeness (QED) is 0.816. The number of hydrogen-bond acceptors (Lipinski definition) is 2. The van der Waals surface area contributed by atoms with Gasteiger partial charge in [0, 0.05) is 22.9 Å². The zero-order valence-corrected chi connectivity index (χ0v) is 8.79. The van der Waals surface area contributed by atoms with E-state index in [0.717, 1.165) is 22.9 Å². The Labute approximate surface area is 86.0 Å². The van der Waals surface area contributed by atoms with E-state index >= 15 is 0 Å². The van der Waals surface area contributed by atoms with Crippen molar-refractivity contribution in [3.05, 3.63) is 34.1 Å². The lowest BCUT2D eigenvalue weighted by Crippen LogP contribution is -2.29. The Morgan fingerprint density at radius 3 is 2.85 bits per heavy atom. The summed E-state index contributed by atoms with van der Waals surface area (Å²) < 4.78 is 1.02. The molecule has 1 saturated carbocycles. The van der Waals surface area contributed by atoms with Crippen molar-refractivity contribution < 1.29 is 0 Å². The third kappa shape index (κ3) is 2.17. The fourth-order valence-electron chi connectivity index (χ4n) is 1.47. The van der Waals surface area contributed by atoms with Gasteiger partial charge in [0.1, 0.15) is 0 Å². The average Bonchev–Trinajstić information content (AvgIpc) is 2.01. The fourth-order valence-corrected chi connectivity index (χ4v) is 1.86. The minimum atomic E-state index is 0.381. The fraction of sp³-hybridized carbons (Fsp3) is 0.300. The first kappa shape index (κ1) is 8.91. The maximum Gasteiger partial charge on any atom is 0.0410 e. The van der Waals surface area contributed by atoms with Gasteiger partial charge in [0.25, 0.3) is 0 Å². The van der Waals surface area contributed by atoms with Crippen molar-refractivity contribution in [1.29, 1.82) is 0 Å². The number of nitrogens with two attached hydrogens (primary N) is 1. The molecule has 0 radical (unpaired) electrons. The SMILES string of the molecule is NC1CC(=Cc2cncc(Br)c2)C1. The van der Waals surface area contributed by atoms with Gasteiger partial charge in [0.2, 0.25) is 0 Å². The van der Waals surface area contributed by atoms with Crippen molar-refractivity contribution in [1.82, 2.24) is 4.98 Å². The molecule has 1 heterocycles. The highest BCUT2D eigenvalue weighted by atomic mass is 79.9. The maximum atomic E-state index is 5.69. The molecule has 0 amide bonds. The summed E-state index contributed by atoms with van der Waals surface area (Å²) in [7, 11) is 0. The van der Waals surface area contributed by atoms with E-state index in [0.29, 0.717) is 6.04 Å². The molecule has 0 unspecified atom stereocenters. The summed E-state index contributed by atoms with van der Waals surface area (Å²) in [6.07, 6.45) is 7.89. The molecule has 1 aromatic rings. The molecule has 13 heavy (non-hydrogen) atoms. The van der Waals surface area contributed by atoms with Crippen LogP contribution < -0.4 is 5.73 Å². The van der Waals surface area contributed by atoms with E-state index in [4.69, 9.17) is 5.73 Å². The molecule has 1 aliphatic carbocycles. The Bertz CT molecular complexity index is 339. The molecule has 0 aliphatic heterocycles. The molecule has 2 rings (SSSR count). The molecular weight excluding hydrogens is 228 g/mol. The monoisotopic (exact) mass is 238 g/mol. The van der Waals surface area contributed by atoms with Crippen LogP contribution in [0.2, 0.25) is 0 Å². The third-order valence-corrected chi connectivity index (χ3v) is 2.58. The Hall–Kier alpha value is -0.670. The van der Waals surface area contributed by atoms with E-state index in [2.05, 4.69) is 33.1 Å². The van der Waals surface area contributed by atoms with Crippen molar-refractivity contribution >= 4 is 22.0 Å². The second-order valence-corrected chi connectivity index (χ2v) is 4.32. The van der Waals surface area contributed by atoms with Gasteiger partial charge < -0.3 is 5.73 Å². The van der Waals surface area contributed by atoms with Gasteiger partial charge in [-0.05, 0) is 40.4 Å². The minimum Gasteiger partial charge on any atom is -0.327 e. The van der Waals surface area contributed by atoms with E-state index in [1.165, 1.54) is 5.57 Å². The second-order valence-electron chi connectivity index (χ2n) is 3.41. The van der Waals surface area contributed by atoms with Gasteiger partial charge >= 0.3 is 0 Å². The van der Waals surface area contributed by atoms with E-state index in [1.807, 2.05) is 6.20 Å². The molecule has 0 aromatic carbocycles. The van der Waals surface area contributed by atoms with Crippen LogP contribution >= 0.6 is 15.9 Å². The highest BCUT2D eigenvalue weighted by molar-refractivity contribution is 9.10. The number of hydrogen-bond donors (Lipinski definition) is 1. The van der Waals surface area contributed by atoms with Crippen molar-refractivity contribution in [2.45, 2.75) is 18.9 Å². The molecule has 68 valence electrons. The highest BCUT2D eigenvalue weighted by Gasteiger charge is 2.18. The largest absolute Gasteiger partial charge is 0.327 e. The molecule has 0 saturated heterocycles. The van der Waals surface area contributed by atoms with Gasteiger partial charge in [0.15, 0.2) is 0 Å². The predicted molar refractivity (Wildman–Crippen MR) is 57.1 cm³/mol. The lowest BCUT2D eigenvalue weighted by Gasteiger charge is -2.25. The molecule has 0 bridgehead atoms. The standard InChI is InChI=1S/C10H11BrN2/c11-9-2-8(5-13-6-9)1-7-3-10(12)4-7/h1-2,5-6,10H,3-4,12H2. The number of nitrogens with zero attached hydrogens (tertiary/aromatic N) is 1. The van der Waals surface area contributed by atoms with Crippen LogP contribution in [-0.2, 0) is 0 Å². The number of pyridine rings is 1. The van der Waals surface area contributed by atoms with Gasteiger partial charge in [-0.1, -0.05) is 11.6 Å². The number of rotatable bonds is 1. The molecule has 1 aliphatic rings. The van der Waals surface area contributed by atoms with Crippen LogP contribution in [0.5, 0.6) is 0 Å². The van der Waals surface area contributed by atoms with Crippen LogP contribution in [0.25, 0.3) is 6.08 Å². The first-order valence-corrected chi connectivity index (χ1v) is 5.09. The average molecular weight is 239 g/mol. The van der Waals surface area contributed by atoms with E-state index in [1.54, 1.807) is 6.20 Å². The summed E-state index contributed by atoms with van der Waals surface area (Å²) in [5.74, 6) is 0. The van der Waals surface area contributed by atoms with Crippen molar-refractivity contribution in [2.75, 3.05) is 0 Å². The van der Waals surface area contributed by atoms with Gasteiger partial charge in [-0.2, -0.15) is 0 Å². The molecule has 2 nitrogen and oxygen atoms in total. The van der Waals surface area contributed by atoms with E-state index in [-0.39, 0.29) is 0 Å². The Kier molecular flexibility index (Phi) is 2.47. The topological polar surface area (TPSA) is 38.9 Å². The zero-order chi connectivity index (χ0) is 9.26. The summed E-state index contributed by atoms with van der Waals surface area (Å²) >= 11 is 3.39. The lowest BCUT2D eigenvalue weighted by molar-refractivity contribution is 0.547. The van der Waals surface area contributed by atoms with Gasteiger partial charge in [-0.25, -0.2) is 0 Å². The van der Waals surface area contributed by atoms with Gasteiger partial charge in [0.05, 0.1) is 0 Å². The Balaban J connectivity index is 2.14. The van der Waals surface area contributed by atoms with Crippen LogP contribution in [0.4, 0.5) is 0 Å². The van der Waals surface area contributed by atoms with Crippen molar-refractivity contribution in [3.8, 4) is 0 Å². The number of halogens is 1. The zero-order valence-electron chi connectivity index (χ0n) is 7.20. The maximum absolute atomic E-state index is 5.69. The molecular formula is C10H11BrN2. The van der Waals surface area contributed by atoms with Crippen molar-refractivity contribution in [3.63, 3.8) is 0 Å². The normalized spacial score (nSPS) is 21.1. The highest BCUT2D eigenvalue weighted by Crippen LogP contribution is 2.27. The van der Waals surface area contributed by atoms with Gasteiger partial charge in [-0.15, -0.1) is 0 Å². The van der Waals surface area contributed by atoms with E-state index < -0.39 is 0 Å². The van der Waals surface area contributed by atoms with Crippen molar-refractivity contribution in [2.24, 2.45) is 5.73 Å². The summed E-state index contributed by atoms with van der Waals surface area (Å²) in [5, 5.41) is 0. The minimum absolute atomic E-state index is 0.381. The second kappa shape index (κ2) is 3.60. The van der Waals surface area contributed by atoms with Crippen LogP contribution in [0.15, 0.2) is 28.5 Å².